The lowest BCUT2D eigenvalue weighted by atomic mass is 10.2. The quantitative estimate of drug-likeness (QED) is 0.873. The molecule has 5 nitrogen and oxygen atoms in total. The molecule has 21 heavy (non-hydrogen) atoms. The molecule has 2 aromatic rings. The molecule has 8 heteroatoms. The summed E-state index contributed by atoms with van der Waals surface area (Å²) in [6.07, 6.45) is 0. The molecule has 0 fully saturated rings. The lowest BCUT2D eigenvalue weighted by Crippen LogP contribution is -2.26. The van der Waals surface area contributed by atoms with Crippen LogP contribution < -0.4 is 5.73 Å². The van der Waals surface area contributed by atoms with Crippen LogP contribution in [0.25, 0.3) is 0 Å². The number of nitrogen functional groups attached to an aromatic ring is 1. The van der Waals surface area contributed by atoms with E-state index in [9.17, 15) is 12.8 Å². The number of anilines is 1. The maximum atomic E-state index is 13.7. The Morgan fingerprint density at radius 2 is 2.05 bits per heavy atom. The topological polar surface area (TPSA) is 76.3 Å². The van der Waals surface area contributed by atoms with Crippen LogP contribution in [0.1, 0.15) is 16.1 Å². The lowest BCUT2D eigenvalue weighted by molar-refractivity contribution is 0.468. The normalized spacial score (nSPS) is 12.0. The van der Waals surface area contributed by atoms with Crippen molar-refractivity contribution >= 4 is 27.0 Å². The van der Waals surface area contributed by atoms with Gasteiger partial charge in [-0.1, -0.05) is 0 Å². The minimum Gasteiger partial charge on any atom is -0.398 e. The van der Waals surface area contributed by atoms with Gasteiger partial charge in [-0.05, 0) is 26.0 Å². The Labute approximate surface area is 127 Å². The molecule has 2 rings (SSSR count). The summed E-state index contributed by atoms with van der Waals surface area (Å²) in [5.41, 5.74) is 8.46. The monoisotopic (exact) mass is 329 g/mol. The number of benzene rings is 1. The predicted octanol–water partition coefficient (Wildman–Crippen LogP) is 2.30. The summed E-state index contributed by atoms with van der Waals surface area (Å²) in [6.45, 7) is 3.51. The van der Waals surface area contributed by atoms with Crippen LogP contribution in [0.15, 0.2) is 22.5 Å². The second-order valence-electron chi connectivity index (χ2n) is 4.74. The first-order valence-electron chi connectivity index (χ1n) is 6.14. The van der Waals surface area contributed by atoms with Gasteiger partial charge in [0.2, 0.25) is 10.0 Å². The average molecular weight is 329 g/mol. The van der Waals surface area contributed by atoms with E-state index in [1.54, 1.807) is 5.51 Å². The van der Waals surface area contributed by atoms with E-state index in [0.29, 0.717) is 0 Å². The third-order valence-corrected chi connectivity index (χ3v) is 5.98. The van der Waals surface area contributed by atoms with Crippen molar-refractivity contribution in [1.29, 1.82) is 0 Å². The van der Waals surface area contributed by atoms with Crippen molar-refractivity contribution in [3.8, 4) is 0 Å². The SMILES string of the molecule is Cc1ncsc1CN(C)S(=O)(=O)c1cc(N)c(C)c(F)c1. The van der Waals surface area contributed by atoms with Gasteiger partial charge in [-0.2, -0.15) is 4.31 Å². The van der Waals surface area contributed by atoms with Crippen molar-refractivity contribution < 1.29 is 12.8 Å². The third kappa shape index (κ3) is 3.07. The minimum absolute atomic E-state index is 0.121. The number of hydrogen-bond donors (Lipinski definition) is 1. The van der Waals surface area contributed by atoms with Crippen molar-refractivity contribution in [1.82, 2.24) is 9.29 Å². The Kier molecular flexibility index (Phi) is 4.31. The minimum atomic E-state index is -3.80. The van der Waals surface area contributed by atoms with Crippen LogP contribution in [0.3, 0.4) is 0 Å². The van der Waals surface area contributed by atoms with E-state index >= 15 is 0 Å². The van der Waals surface area contributed by atoms with Crippen LogP contribution in [-0.2, 0) is 16.6 Å². The Bertz CT molecular complexity index is 748. The molecule has 0 unspecified atom stereocenters. The smallest absolute Gasteiger partial charge is 0.243 e. The van der Waals surface area contributed by atoms with E-state index in [0.717, 1.165) is 20.9 Å². The third-order valence-electron chi connectivity index (χ3n) is 3.28. The number of hydrogen-bond acceptors (Lipinski definition) is 5. The first-order valence-corrected chi connectivity index (χ1v) is 8.46. The van der Waals surface area contributed by atoms with Crippen molar-refractivity contribution in [2.45, 2.75) is 25.3 Å². The number of nitrogens with two attached hydrogens (primary N) is 1. The summed E-state index contributed by atoms with van der Waals surface area (Å²) in [7, 11) is -2.35. The number of halogens is 1. The summed E-state index contributed by atoms with van der Waals surface area (Å²) in [4.78, 5) is 4.78. The fourth-order valence-electron chi connectivity index (χ4n) is 1.77. The molecule has 1 heterocycles. The van der Waals surface area contributed by atoms with Crippen LogP contribution in [0.5, 0.6) is 0 Å². The number of aryl methyl sites for hydroxylation is 1. The molecule has 1 aromatic carbocycles. The highest BCUT2D eigenvalue weighted by Gasteiger charge is 2.24. The van der Waals surface area contributed by atoms with Gasteiger partial charge in [0, 0.05) is 29.7 Å². The van der Waals surface area contributed by atoms with E-state index < -0.39 is 15.8 Å². The molecule has 0 bridgehead atoms. The molecular formula is C13H16FN3O2S2. The van der Waals surface area contributed by atoms with Gasteiger partial charge in [0.05, 0.1) is 16.1 Å². The van der Waals surface area contributed by atoms with Crippen molar-refractivity contribution in [3.05, 3.63) is 39.6 Å². The average Bonchev–Trinajstić information content (AvgIpc) is 2.80. The van der Waals surface area contributed by atoms with Crippen molar-refractivity contribution in [3.63, 3.8) is 0 Å². The molecule has 0 saturated heterocycles. The summed E-state index contributed by atoms with van der Waals surface area (Å²) >= 11 is 1.38. The maximum absolute atomic E-state index is 13.7. The number of rotatable bonds is 4. The van der Waals surface area contributed by atoms with Gasteiger partial charge in [-0.25, -0.2) is 17.8 Å². The zero-order chi connectivity index (χ0) is 15.8. The molecule has 0 amide bonds. The van der Waals surface area contributed by atoms with E-state index in [1.165, 1.54) is 31.4 Å². The second kappa shape index (κ2) is 5.70. The van der Waals surface area contributed by atoms with Crippen LogP contribution in [0, 0.1) is 19.7 Å². The Morgan fingerprint density at radius 3 is 2.57 bits per heavy atom. The molecule has 0 aliphatic carbocycles. The molecular weight excluding hydrogens is 313 g/mol. The molecule has 0 radical (unpaired) electrons. The van der Waals surface area contributed by atoms with E-state index in [4.69, 9.17) is 5.73 Å². The number of nitrogens with zero attached hydrogens (tertiary/aromatic N) is 2. The lowest BCUT2D eigenvalue weighted by Gasteiger charge is -2.17. The first kappa shape index (κ1) is 15.9. The number of thiazole rings is 1. The highest BCUT2D eigenvalue weighted by atomic mass is 32.2. The van der Waals surface area contributed by atoms with Crippen LogP contribution in [-0.4, -0.2) is 24.8 Å². The van der Waals surface area contributed by atoms with E-state index in [-0.39, 0.29) is 22.7 Å². The number of sulfonamides is 1. The summed E-state index contributed by atoms with van der Waals surface area (Å²) in [5, 5.41) is 0. The summed E-state index contributed by atoms with van der Waals surface area (Å²) in [6, 6.07) is 2.28. The van der Waals surface area contributed by atoms with Crippen LogP contribution in [0.4, 0.5) is 10.1 Å². The maximum Gasteiger partial charge on any atom is 0.243 e. The summed E-state index contributed by atoms with van der Waals surface area (Å²) < 4.78 is 39.8. The first-order chi connectivity index (χ1) is 9.73. The van der Waals surface area contributed by atoms with Crippen LogP contribution in [0.2, 0.25) is 0 Å². The molecule has 0 spiro atoms. The standard InChI is InChI=1S/C13H16FN3O2S2/c1-8-11(14)4-10(5-12(8)15)21(18,19)17(3)6-13-9(2)16-7-20-13/h4-5,7H,6,15H2,1-3H3. The Morgan fingerprint density at radius 1 is 1.38 bits per heavy atom. The summed E-state index contributed by atoms with van der Waals surface area (Å²) in [5.74, 6) is -0.629. The zero-order valence-corrected chi connectivity index (χ0v) is 13.6. The van der Waals surface area contributed by atoms with Crippen LogP contribution >= 0.6 is 11.3 Å². The van der Waals surface area contributed by atoms with Crippen molar-refractivity contribution in [2.75, 3.05) is 12.8 Å². The van der Waals surface area contributed by atoms with Gasteiger partial charge in [-0.15, -0.1) is 11.3 Å². The van der Waals surface area contributed by atoms with E-state index in [2.05, 4.69) is 4.98 Å². The van der Waals surface area contributed by atoms with Gasteiger partial charge in [0.25, 0.3) is 0 Å². The molecule has 1 aromatic heterocycles. The molecule has 2 N–H and O–H groups in total. The van der Waals surface area contributed by atoms with Gasteiger partial charge in [-0.3, -0.25) is 0 Å². The molecule has 0 aliphatic heterocycles. The molecule has 0 aliphatic rings. The van der Waals surface area contributed by atoms with Gasteiger partial charge in [0.1, 0.15) is 5.82 Å². The fourth-order valence-corrected chi connectivity index (χ4v) is 3.87. The Hall–Kier alpha value is -1.51. The molecule has 0 saturated carbocycles. The zero-order valence-electron chi connectivity index (χ0n) is 11.9. The van der Waals surface area contributed by atoms with Gasteiger partial charge in [0.15, 0.2) is 0 Å². The molecule has 114 valence electrons. The molecule has 0 atom stereocenters. The van der Waals surface area contributed by atoms with Gasteiger partial charge < -0.3 is 5.73 Å². The highest BCUT2D eigenvalue weighted by Crippen LogP contribution is 2.25. The van der Waals surface area contributed by atoms with E-state index in [1.807, 2.05) is 6.92 Å². The second-order valence-corrected chi connectivity index (χ2v) is 7.73. The predicted molar refractivity (Wildman–Crippen MR) is 81.1 cm³/mol. The van der Waals surface area contributed by atoms with Gasteiger partial charge >= 0.3 is 0 Å². The highest BCUT2D eigenvalue weighted by molar-refractivity contribution is 7.89. The Balaban J connectivity index is 2.35. The fraction of sp³-hybridized carbons (Fsp3) is 0.308. The largest absolute Gasteiger partial charge is 0.398 e. The number of aromatic nitrogens is 1. The van der Waals surface area contributed by atoms with Crippen molar-refractivity contribution in [2.24, 2.45) is 0 Å².